The fourth-order valence-electron chi connectivity index (χ4n) is 3.81. The van der Waals surface area contributed by atoms with Crippen LogP contribution in [0.15, 0.2) is 66.7 Å². The first-order chi connectivity index (χ1) is 17.1. The number of hydrogen-bond acceptors (Lipinski definition) is 3. The summed E-state index contributed by atoms with van der Waals surface area (Å²) in [6.45, 7) is 2.44. The van der Waals surface area contributed by atoms with E-state index in [1.807, 2.05) is 30.3 Å². The Balaban J connectivity index is 1.99. The number of ether oxygens (including phenoxy) is 1. The van der Waals surface area contributed by atoms with Crippen molar-refractivity contribution in [3.63, 3.8) is 0 Å². The number of halogens is 3. The molecular weight excluding hydrogens is 473 g/mol. The van der Waals surface area contributed by atoms with Crippen LogP contribution in [-0.4, -0.2) is 35.7 Å². The predicted octanol–water partition coefficient (Wildman–Crippen LogP) is 5.74. The van der Waals surface area contributed by atoms with E-state index >= 15 is 0 Å². The van der Waals surface area contributed by atoms with Gasteiger partial charge in [-0.1, -0.05) is 42.5 Å². The zero-order valence-electron chi connectivity index (χ0n) is 19.9. The van der Waals surface area contributed by atoms with E-state index in [-0.39, 0.29) is 24.6 Å². The molecular formula is C27H27F3N2O4. The number of nitrogens with zero attached hydrogens (tertiary/aromatic N) is 1. The van der Waals surface area contributed by atoms with Gasteiger partial charge in [0.25, 0.3) is 0 Å². The topological polar surface area (TPSA) is 78.9 Å². The molecule has 0 spiro atoms. The van der Waals surface area contributed by atoms with Gasteiger partial charge in [0, 0.05) is 25.2 Å². The molecule has 36 heavy (non-hydrogen) atoms. The fraction of sp³-hybridized carbons (Fsp3) is 0.259. The molecule has 0 radical (unpaired) electrons. The summed E-state index contributed by atoms with van der Waals surface area (Å²) in [4.78, 5) is 25.6. The van der Waals surface area contributed by atoms with Crippen LogP contribution in [0.25, 0.3) is 11.1 Å². The Morgan fingerprint density at radius 2 is 1.69 bits per heavy atom. The Labute approximate surface area is 207 Å². The Hall–Kier alpha value is -4.01. The SMILES string of the molecule is CCN(Cc1ccc(C(F)(F)F)cc1-c1cc(CC(=O)O)ccc1OC)C(=O)NCc1ccccc1. The first-order valence-electron chi connectivity index (χ1n) is 11.3. The molecule has 3 aromatic carbocycles. The van der Waals surface area contributed by atoms with Gasteiger partial charge in [-0.05, 0) is 53.4 Å². The second-order valence-corrected chi connectivity index (χ2v) is 8.13. The standard InChI is InChI=1S/C27H27F3N2O4/c1-3-32(26(35)31-16-18-7-5-4-6-8-18)17-20-10-11-21(27(28,29)30)15-22(20)23-13-19(14-25(33)34)9-12-24(23)36-2/h4-13,15H,3,14,16-17H2,1-2H3,(H,31,35)(H,33,34). The van der Waals surface area contributed by atoms with E-state index in [9.17, 15) is 27.9 Å². The Bertz CT molecular complexity index is 1210. The molecule has 0 saturated carbocycles. The highest BCUT2D eigenvalue weighted by Gasteiger charge is 2.31. The van der Waals surface area contributed by atoms with Gasteiger partial charge >= 0.3 is 18.2 Å². The first kappa shape index (κ1) is 26.6. The fourth-order valence-corrected chi connectivity index (χ4v) is 3.81. The highest BCUT2D eigenvalue weighted by Crippen LogP contribution is 2.38. The molecule has 0 unspecified atom stereocenters. The largest absolute Gasteiger partial charge is 0.496 e. The van der Waals surface area contributed by atoms with Crippen molar-refractivity contribution >= 4 is 12.0 Å². The van der Waals surface area contributed by atoms with Crippen LogP contribution in [0.5, 0.6) is 5.75 Å². The lowest BCUT2D eigenvalue weighted by atomic mass is 9.94. The minimum absolute atomic E-state index is 0.0386. The second kappa shape index (κ2) is 11.6. The number of alkyl halides is 3. The summed E-state index contributed by atoms with van der Waals surface area (Å²) in [7, 11) is 1.39. The molecule has 0 atom stereocenters. The summed E-state index contributed by atoms with van der Waals surface area (Å²) in [5, 5.41) is 12.0. The van der Waals surface area contributed by atoms with Crippen molar-refractivity contribution < 1.29 is 32.6 Å². The molecule has 0 aliphatic heterocycles. The van der Waals surface area contributed by atoms with Crippen molar-refractivity contribution in [2.45, 2.75) is 32.6 Å². The normalized spacial score (nSPS) is 11.1. The van der Waals surface area contributed by atoms with Crippen LogP contribution in [-0.2, 0) is 30.5 Å². The van der Waals surface area contributed by atoms with E-state index in [2.05, 4.69) is 5.32 Å². The highest BCUT2D eigenvalue weighted by atomic mass is 19.4. The van der Waals surface area contributed by atoms with Crippen molar-refractivity contribution in [1.82, 2.24) is 10.2 Å². The van der Waals surface area contributed by atoms with E-state index in [1.165, 1.54) is 30.2 Å². The average molecular weight is 501 g/mol. The number of carboxylic acids is 1. The first-order valence-corrected chi connectivity index (χ1v) is 11.3. The van der Waals surface area contributed by atoms with Gasteiger partial charge in [-0.15, -0.1) is 0 Å². The maximum Gasteiger partial charge on any atom is 0.416 e. The number of rotatable bonds is 9. The van der Waals surface area contributed by atoms with Crippen LogP contribution < -0.4 is 10.1 Å². The third kappa shape index (κ3) is 6.78. The second-order valence-electron chi connectivity index (χ2n) is 8.13. The van der Waals surface area contributed by atoms with E-state index in [4.69, 9.17) is 4.74 Å². The quantitative estimate of drug-likeness (QED) is 0.393. The minimum atomic E-state index is -4.59. The maximum absolute atomic E-state index is 13.6. The monoisotopic (exact) mass is 500 g/mol. The molecule has 0 aliphatic rings. The number of benzene rings is 3. The van der Waals surface area contributed by atoms with Crippen molar-refractivity contribution in [2.75, 3.05) is 13.7 Å². The van der Waals surface area contributed by atoms with E-state index in [1.54, 1.807) is 13.0 Å². The summed E-state index contributed by atoms with van der Waals surface area (Å²) < 4.78 is 46.1. The van der Waals surface area contributed by atoms with Gasteiger partial charge in [-0.25, -0.2) is 4.79 Å². The molecule has 3 aromatic rings. The smallest absolute Gasteiger partial charge is 0.416 e. The lowest BCUT2D eigenvalue weighted by Gasteiger charge is -2.24. The van der Waals surface area contributed by atoms with Crippen molar-refractivity contribution in [1.29, 1.82) is 0 Å². The Morgan fingerprint density at radius 1 is 0.972 bits per heavy atom. The molecule has 190 valence electrons. The third-order valence-corrected chi connectivity index (χ3v) is 5.66. The van der Waals surface area contributed by atoms with Crippen LogP contribution in [0.4, 0.5) is 18.0 Å². The Kier molecular flexibility index (Phi) is 8.58. The third-order valence-electron chi connectivity index (χ3n) is 5.66. The molecule has 6 nitrogen and oxygen atoms in total. The molecule has 0 fully saturated rings. The molecule has 2 amide bonds. The molecule has 0 aromatic heterocycles. The van der Waals surface area contributed by atoms with Gasteiger partial charge in [0.15, 0.2) is 0 Å². The number of amides is 2. The van der Waals surface area contributed by atoms with E-state index in [0.29, 0.717) is 35.5 Å². The number of hydrogen-bond donors (Lipinski definition) is 2. The molecule has 9 heteroatoms. The summed E-state index contributed by atoms with van der Waals surface area (Å²) >= 11 is 0. The van der Waals surface area contributed by atoms with Crippen LogP contribution in [0.2, 0.25) is 0 Å². The van der Waals surface area contributed by atoms with Crippen LogP contribution in [0, 0.1) is 0 Å². The molecule has 2 N–H and O–H groups in total. The number of carbonyl (C=O) groups is 2. The summed E-state index contributed by atoms with van der Waals surface area (Å²) in [6, 6.07) is 16.9. The average Bonchev–Trinajstić information content (AvgIpc) is 2.85. The zero-order valence-corrected chi connectivity index (χ0v) is 19.9. The summed E-state index contributed by atoms with van der Waals surface area (Å²) in [5.41, 5.74) is 1.46. The lowest BCUT2D eigenvalue weighted by molar-refractivity contribution is -0.138. The number of urea groups is 1. The molecule has 0 bridgehead atoms. The number of aliphatic carboxylic acids is 1. The highest BCUT2D eigenvalue weighted by molar-refractivity contribution is 5.78. The number of nitrogens with one attached hydrogen (secondary N) is 1. The van der Waals surface area contributed by atoms with Crippen LogP contribution >= 0.6 is 0 Å². The molecule has 0 aliphatic carbocycles. The van der Waals surface area contributed by atoms with Gasteiger partial charge in [-0.3, -0.25) is 4.79 Å². The van der Waals surface area contributed by atoms with Crippen LogP contribution in [0.1, 0.15) is 29.2 Å². The molecule has 0 saturated heterocycles. The van der Waals surface area contributed by atoms with E-state index < -0.39 is 17.7 Å². The van der Waals surface area contributed by atoms with Crippen molar-refractivity contribution in [2.24, 2.45) is 0 Å². The summed E-state index contributed by atoms with van der Waals surface area (Å²) in [5.74, 6) is -0.774. The van der Waals surface area contributed by atoms with E-state index in [0.717, 1.165) is 17.7 Å². The van der Waals surface area contributed by atoms with Gasteiger partial charge in [0.1, 0.15) is 5.75 Å². The summed E-state index contributed by atoms with van der Waals surface area (Å²) in [6.07, 6.45) is -4.88. The zero-order chi connectivity index (χ0) is 26.3. The van der Waals surface area contributed by atoms with Gasteiger partial charge < -0.3 is 20.1 Å². The Morgan fingerprint density at radius 3 is 2.31 bits per heavy atom. The van der Waals surface area contributed by atoms with Crippen molar-refractivity contribution in [3.05, 3.63) is 89.0 Å². The molecule has 0 heterocycles. The van der Waals surface area contributed by atoms with Gasteiger partial charge in [0.2, 0.25) is 0 Å². The van der Waals surface area contributed by atoms with Crippen molar-refractivity contribution in [3.8, 4) is 16.9 Å². The number of methoxy groups -OCH3 is 1. The predicted molar refractivity (Wildman–Crippen MR) is 130 cm³/mol. The number of carbonyl (C=O) groups excluding carboxylic acids is 1. The number of carboxylic acid groups (broad SMARTS) is 1. The maximum atomic E-state index is 13.6. The van der Waals surface area contributed by atoms with Crippen LogP contribution in [0.3, 0.4) is 0 Å². The lowest BCUT2D eigenvalue weighted by Crippen LogP contribution is -2.39. The van der Waals surface area contributed by atoms with Gasteiger partial charge in [-0.2, -0.15) is 13.2 Å². The van der Waals surface area contributed by atoms with Gasteiger partial charge in [0.05, 0.1) is 19.1 Å². The minimum Gasteiger partial charge on any atom is -0.496 e. The molecule has 3 rings (SSSR count).